The van der Waals surface area contributed by atoms with Crippen LogP contribution in [0, 0.1) is 6.92 Å². The van der Waals surface area contributed by atoms with Crippen LogP contribution in [0.3, 0.4) is 0 Å². The van der Waals surface area contributed by atoms with Crippen LogP contribution in [-0.4, -0.2) is 29.0 Å². The molecule has 1 unspecified atom stereocenters. The van der Waals surface area contributed by atoms with E-state index in [0.29, 0.717) is 11.4 Å². The maximum absolute atomic E-state index is 13.5. The summed E-state index contributed by atoms with van der Waals surface area (Å²) in [5.41, 5.74) is 2.00. The predicted molar refractivity (Wildman–Crippen MR) is 134 cm³/mol. The number of aryl methyl sites for hydroxylation is 1. The summed E-state index contributed by atoms with van der Waals surface area (Å²) in [5, 5.41) is 4.20. The van der Waals surface area contributed by atoms with E-state index in [0.717, 1.165) is 31.7 Å². The van der Waals surface area contributed by atoms with Crippen molar-refractivity contribution in [1.82, 2.24) is 10.6 Å². The van der Waals surface area contributed by atoms with E-state index >= 15 is 0 Å². The summed E-state index contributed by atoms with van der Waals surface area (Å²) in [7, 11) is -3.97. The van der Waals surface area contributed by atoms with Crippen LogP contribution in [0.1, 0.15) is 12.5 Å². The monoisotopic (exact) mass is 732 g/mol. The normalized spacial score (nSPS) is 10.8. The van der Waals surface area contributed by atoms with Crippen LogP contribution in [0.2, 0.25) is 3.93 Å². The molecule has 13 heteroatoms. The Morgan fingerprint density at radius 3 is 1.91 bits per heavy atom. The molecule has 0 aromatic heterocycles. The van der Waals surface area contributed by atoms with E-state index in [4.69, 9.17) is 49.7 Å². The standard InChI is InChI=1S/C17H19N3O2S5.C2H5.Hg.2Na/c1-12-7-9-14(10-8-12)20(13-5-3-2-4-6-13)27(21,22)15(19-17(25)26)11-18-16(23)24;1-2;;;/h2-10,15H,11H2,1H3,(H2,18,23,24)(H2,19,25,26);1H2,2H3;;;/q;;;2*+1/p-2. The van der Waals surface area contributed by atoms with Crippen molar-refractivity contribution >= 4 is 79.7 Å². The zero-order valence-corrected chi connectivity index (χ0v) is 32.3. The van der Waals surface area contributed by atoms with Crippen molar-refractivity contribution in [3.63, 3.8) is 0 Å². The van der Waals surface area contributed by atoms with Crippen LogP contribution in [0.5, 0.6) is 0 Å². The Hall–Kier alpha value is 1.35. The van der Waals surface area contributed by atoms with Crippen LogP contribution in [0.4, 0.5) is 11.4 Å². The topological polar surface area (TPSA) is 61.4 Å². The van der Waals surface area contributed by atoms with Gasteiger partial charge in [-0.3, -0.25) is 0 Å². The van der Waals surface area contributed by atoms with Gasteiger partial charge in [-0.1, -0.05) is 44.5 Å². The average molecular weight is 731 g/mol. The largest absolute Gasteiger partial charge is 1.00 e. The Morgan fingerprint density at radius 2 is 1.47 bits per heavy atom. The summed E-state index contributed by atoms with van der Waals surface area (Å²) in [6.45, 7) is 4.07. The molecular weight excluding hydrogens is 709 g/mol. The molecule has 0 saturated carbocycles. The first-order valence-corrected chi connectivity index (χ1v) is 16.0. The molecule has 0 aliphatic rings. The van der Waals surface area contributed by atoms with E-state index in [1.807, 2.05) is 25.1 Å². The maximum Gasteiger partial charge on any atom is 1.00 e. The fourth-order valence-electron chi connectivity index (χ4n) is 2.35. The number of benzene rings is 2. The van der Waals surface area contributed by atoms with Gasteiger partial charge in [0, 0.05) is 6.54 Å². The molecular formula is C19H22HgN3Na2O2S5. The average Bonchev–Trinajstić information content (AvgIpc) is 2.67. The van der Waals surface area contributed by atoms with Gasteiger partial charge in [0.25, 0.3) is 10.0 Å². The molecule has 0 aliphatic carbocycles. The van der Waals surface area contributed by atoms with Gasteiger partial charge < -0.3 is 60.3 Å². The van der Waals surface area contributed by atoms with Gasteiger partial charge in [0.15, 0.2) is 5.37 Å². The number of nitrogens with one attached hydrogen (secondary N) is 2. The molecule has 159 valence electrons. The van der Waals surface area contributed by atoms with Crippen molar-refractivity contribution in [2.24, 2.45) is 0 Å². The van der Waals surface area contributed by atoms with E-state index in [1.165, 1.54) is 8.23 Å². The molecule has 32 heavy (non-hydrogen) atoms. The van der Waals surface area contributed by atoms with Crippen molar-refractivity contribution in [3.8, 4) is 0 Å². The SMILES string of the molecule is C[CH2][Hg].Cc1ccc(N(c2ccccc2)S(=O)(=O)C(CNC(=S)[S-])NC(=S)[S-])cc1.[Na+].[Na+]. The van der Waals surface area contributed by atoms with Crippen molar-refractivity contribution < 1.29 is 93.7 Å². The molecule has 0 bridgehead atoms. The molecule has 0 amide bonds. The number of hydrogen-bond donors (Lipinski definition) is 2. The summed E-state index contributed by atoms with van der Waals surface area (Å²) in [4.78, 5) is 0. The fraction of sp³-hybridized carbons (Fsp3) is 0.263. The first-order chi connectivity index (χ1) is 14.1. The number of anilines is 2. The maximum atomic E-state index is 13.5. The van der Waals surface area contributed by atoms with E-state index in [9.17, 15) is 8.42 Å². The minimum Gasteiger partial charge on any atom is -0.412 e. The Balaban J connectivity index is 0. The quantitative estimate of drug-likeness (QED) is 0.186. The van der Waals surface area contributed by atoms with Gasteiger partial charge in [0.2, 0.25) is 0 Å². The second kappa shape index (κ2) is 18.6. The first-order valence-electron chi connectivity index (χ1n) is 9.00. The van der Waals surface area contributed by atoms with Crippen molar-refractivity contribution in [2.45, 2.75) is 23.2 Å². The summed E-state index contributed by atoms with van der Waals surface area (Å²) in [6, 6.07) is 16.0. The summed E-state index contributed by atoms with van der Waals surface area (Å²) >= 11 is 20.5. The minimum absolute atomic E-state index is 0. The molecule has 0 fully saturated rings. The van der Waals surface area contributed by atoms with Crippen LogP contribution in [-0.2, 0) is 61.4 Å². The van der Waals surface area contributed by atoms with E-state index in [1.54, 1.807) is 36.4 Å². The molecule has 2 aromatic carbocycles. The Morgan fingerprint density at radius 1 is 1.00 bits per heavy atom. The van der Waals surface area contributed by atoms with Gasteiger partial charge in [0.05, 0.1) is 11.4 Å². The van der Waals surface area contributed by atoms with Crippen molar-refractivity contribution in [3.05, 3.63) is 60.2 Å². The Kier molecular flexibility index (Phi) is 20.6. The van der Waals surface area contributed by atoms with Crippen molar-refractivity contribution in [1.29, 1.82) is 0 Å². The molecule has 0 saturated heterocycles. The van der Waals surface area contributed by atoms with Gasteiger partial charge in [-0.05, 0) is 31.2 Å². The Labute approximate surface area is 274 Å². The number of para-hydroxylation sites is 1. The minimum atomic E-state index is -3.97. The van der Waals surface area contributed by atoms with E-state index in [-0.39, 0.29) is 74.3 Å². The van der Waals surface area contributed by atoms with Gasteiger partial charge in [-0.2, -0.15) is 0 Å². The Bertz CT molecular complexity index is 936. The summed E-state index contributed by atoms with van der Waals surface area (Å²) in [5.74, 6) is 0. The third-order valence-corrected chi connectivity index (χ3v) is 6.04. The number of rotatable bonds is 7. The van der Waals surface area contributed by atoms with Crippen LogP contribution >= 0.6 is 24.4 Å². The number of hydrogen-bond acceptors (Lipinski definition) is 6. The third kappa shape index (κ3) is 12.3. The molecule has 1 atom stereocenters. The van der Waals surface area contributed by atoms with Gasteiger partial charge in [0.1, 0.15) is 0 Å². The van der Waals surface area contributed by atoms with Crippen LogP contribution < -0.4 is 74.1 Å². The number of sulfonamides is 1. The molecule has 0 heterocycles. The molecule has 0 radical (unpaired) electrons. The number of thiocarbonyl (C=S) groups is 2. The third-order valence-electron chi connectivity index (χ3n) is 3.58. The zero-order valence-electron chi connectivity index (χ0n) is 18.7. The second-order valence-electron chi connectivity index (χ2n) is 6.07. The summed E-state index contributed by atoms with van der Waals surface area (Å²) in [6.07, 6.45) is 0. The first kappa shape index (κ1) is 35.5. The van der Waals surface area contributed by atoms with E-state index < -0.39 is 15.4 Å². The molecule has 0 spiro atoms. The summed E-state index contributed by atoms with van der Waals surface area (Å²) < 4.78 is 29.7. The van der Waals surface area contributed by atoms with Gasteiger partial charge in [-0.15, -0.1) is 0 Å². The molecule has 2 N–H and O–H groups in total. The molecule has 2 aromatic rings. The zero-order chi connectivity index (χ0) is 22.7. The molecule has 0 aliphatic heterocycles. The molecule has 5 nitrogen and oxygen atoms in total. The van der Waals surface area contributed by atoms with Gasteiger partial charge >= 0.3 is 96.1 Å². The van der Waals surface area contributed by atoms with Crippen LogP contribution in [0.15, 0.2) is 54.6 Å². The van der Waals surface area contributed by atoms with Gasteiger partial charge in [-0.25, -0.2) is 12.7 Å². The van der Waals surface area contributed by atoms with Crippen molar-refractivity contribution in [2.75, 3.05) is 10.8 Å². The van der Waals surface area contributed by atoms with E-state index in [2.05, 4.69) is 17.6 Å². The fourth-order valence-corrected chi connectivity index (χ4v) is 4.60. The van der Waals surface area contributed by atoms with Crippen LogP contribution in [0.25, 0.3) is 0 Å². The second-order valence-corrected chi connectivity index (χ2v) is 14.1. The molecule has 2 rings (SSSR count). The number of nitrogens with zero attached hydrogens (tertiary/aromatic N) is 1. The predicted octanol–water partition coefficient (Wildman–Crippen LogP) is -2.39. The smallest absolute Gasteiger partial charge is 0.412 e.